The van der Waals surface area contributed by atoms with Crippen molar-refractivity contribution in [2.24, 2.45) is 11.7 Å². The highest BCUT2D eigenvalue weighted by atomic mass is 16.2. The molecule has 7 nitrogen and oxygen atoms in total. The Morgan fingerprint density at radius 3 is 2.50 bits per heavy atom. The molecular weight excluding hydrogens is 306 g/mol. The number of hydrogen-bond donors (Lipinski definition) is 3. The molecule has 0 aliphatic carbocycles. The molecule has 0 saturated carbocycles. The van der Waals surface area contributed by atoms with Crippen LogP contribution in [0.3, 0.4) is 0 Å². The van der Waals surface area contributed by atoms with Crippen LogP contribution in [-0.4, -0.2) is 52.9 Å². The quantitative estimate of drug-likeness (QED) is 0.661. The number of primary amides is 1. The van der Waals surface area contributed by atoms with E-state index >= 15 is 0 Å². The normalized spacial score (nSPS) is 25.2. The molecule has 2 heterocycles. The van der Waals surface area contributed by atoms with Gasteiger partial charge in [-0.25, -0.2) is 4.79 Å². The van der Waals surface area contributed by atoms with Gasteiger partial charge in [0.25, 0.3) is 5.91 Å². The molecular formula is C17H31N5O2. The van der Waals surface area contributed by atoms with E-state index in [2.05, 4.69) is 19.2 Å². The lowest BCUT2D eigenvalue weighted by molar-refractivity contribution is -0.132. The van der Waals surface area contributed by atoms with Crippen molar-refractivity contribution in [3.63, 3.8) is 0 Å². The second-order valence-electron chi connectivity index (χ2n) is 7.09. The maximum Gasteiger partial charge on any atom is 0.314 e. The van der Waals surface area contributed by atoms with Gasteiger partial charge in [-0.3, -0.25) is 15.1 Å². The molecule has 7 heteroatoms. The zero-order valence-electron chi connectivity index (χ0n) is 14.9. The van der Waals surface area contributed by atoms with Crippen LogP contribution in [0.1, 0.15) is 58.8 Å². The Morgan fingerprint density at radius 2 is 1.96 bits per heavy atom. The van der Waals surface area contributed by atoms with Crippen LogP contribution in [0.4, 0.5) is 4.79 Å². The summed E-state index contributed by atoms with van der Waals surface area (Å²) in [6.45, 7) is 6.04. The molecule has 1 atom stereocenters. The third-order valence-electron chi connectivity index (χ3n) is 5.28. The van der Waals surface area contributed by atoms with E-state index in [1.54, 1.807) is 9.80 Å². The molecule has 0 spiro atoms. The Hall–Kier alpha value is -1.79. The fraction of sp³-hybridized carbons (Fsp3) is 0.824. The van der Waals surface area contributed by atoms with Gasteiger partial charge >= 0.3 is 6.03 Å². The Bertz CT molecular complexity index is 487. The van der Waals surface area contributed by atoms with E-state index in [4.69, 9.17) is 11.1 Å². The topological polar surface area (TPSA) is 103 Å². The fourth-order valence-corrected chi connectivity index (χ4v) is 3.84. The van der Waals surface area contributed by atoms with Gasteiger partial charge in [0, 0.05) is 19.6 Å². The Labute approximate surface area is 144 Å². The van der Waals surface area contributed by atoms with Crippen molar-refractivity contribution in [1.82, 2.24) is 15.1 Å². The van der Waals surface area contributed by atoms with Crippen molar-refractivity contribution in [2.45, 2.75) is 64.3 Å². The van der Waals surface area contributed by atoms with Gasteiger partial charge in [0.05, 0.1) is 0 Å². The third-order valence-corrected chi connectivity index (χ3v) is 5.28. The number of nitrogens with two attached hydrogens (primary N) is 1. The second kappa shape index (κ2) is 7.85. The smallest absolute Gasteiger partial charge is 0.314 e. The molecule has 2 aliphatic heterocycles. The summed E-state index contributed by atoms with van der Waals surface area (Å²) < 4.78 is 0. The summed E-state index contributed by atoms with van der Waals surface area (Å²) in [5, 5.41) is 11.4. The molecule has 136 valence electrons. The third kappa shape index (κ3) is 3.82. The number of urea groups is 1. The van der Waals surface area contributed by atoms with Gasteiger partial charge in [0.15, 0.2) is 5.96 Å². The average molecular weight is 337 g/mol. The van der Waals surface area contributed by atoms with E-state index in [0.717, 1.165) is 44.9 Å². The number of unbranched alkanes of at least 4 members (excludes halogenated alkanes) is 1. The Balaban J connectivity index is 1.99. The zero-order chi connectivity index (χ0) is 17.7. The summed E-state index contributed by atoms with van der Waals surface area (Å²) in [7, 11) is 0. The number of hydrogen-bond acceptors (Lipinski definition) is 3. The summed E-state index contributed by atoms with van der Waals surface area (Å²) in [6, 6.07) is -0.373. The fourth-order valence-electron chi connectivity index (χ4n) is 3.84. The molecule has 2 fully saturated rings. The van der Waals surface area contributed by atoms with E-state index in [9.17, 15) is 9.59 Å². The van der Waals surface area contributed by atoms with Crippen LogP contribution < -0.4 is 11.1 Å². The highest BCUT2D eigenvalue weighted by Crippen LogP contribution is 2.30. The van der Waals surface area contributed by atoms with Crippen molar-refractivity contribution >= 4 is 17.9 Å². The molecule has 0 bridgehead atoms. The largest absolute Gasteiger partial charge is 0.351 e. The van der Waals surface area contributed by atoms with Crippen LogP contribution in [0.2, 0.25) is 0 Å². The Morgan fingerprint density at radius 1 is 1.29 bits per heavy atom. The minimum absolute atomic E-state index is 0.0557. The minimum atomic E-state index is -0.588. The van der Waals surface area contributed by atoms with Gasteiger partial charge in [-0.1, -0.05) is 33.1 Å². The van der Waals surface area contributed by atoms with E-state index in [-0.39, 0.29) is 17.9 Å². The van der Waals surface area contributed by atoms with Gasteiger partial charge in [-0.05, 0) is 31.6 Å². The highest BCUT2D eigenvalue weighted by Gasteiger charge is 2.48. The number of rotatable bonds is 7. The number of nitrogens with one attached hydrogen (secondary N) is 2. The van der Waals surface area contributed by atoms with Crippen LogP contribution in [0.15, 0.2) is 0 Å². The molecule has 0 aromatic rings. The first kappa shape index (κ1) is 18.5. The molecule has 3 amide bonds. The number of piperidine rings is 1. The van der Waals surface area contributed by atoms with E-state index in [0.29, 0.717) is 25.6 Å². The molecule has 1 unspecified atom stereocenters. The highest BCUT2D eigenvalue weighted by molar-refractivity contribution is 6.07. The predicted octanol–water partition coefficient (Wildman–Crippen LogP) is 1.87. The number of likely N-dealkylation sites (tertiary alicyclic amines) is 1. The monoisotopic (exact) mass is 337 g/mol. The van der Waals surface area contributed by atoms with Gasteiger partial charge in [-0.2, -0.15) is 0 Å². The summed E-state index contributed by atoms with van der Waals surface area (Å²) in [4.78, 5) is 27.5. The van der Waals surface area contributed by atoms with Gasteiger partial charge in [0.2, 0.25) is 0 Å². The maximum atomic E-state index is 13.0. The average Bonchev–Trinajstić information content (AvgIpc) is 2.78. The molecule has 0 radical (unpaired) electrons. The van der Waals surface area contributed by atoms with Crippen LogP contribution in [0.5, 0.6) is 0 Å². The van der Waals surface area contributed by atoms with Crippen molar-refractivity contribution < 1.29 is 9.59 Å². The van der Waals surface area contributed by atoms with Gasteiger partial charge < -0.3 is 16.0 Å². The molecule has 4 N–H and O–H groups in total. The lowest BCUT2D eigenvalue weighted by atomic mass is 9.87. The lowest BCUT2D eigenvalue weighted by Crippen LogP contribution is -2.47. The molecule has 0 aromatic heterocycles. The standard InChI is InChI=1S/C17H31N5O2/c1-3-5-9-17(8-4-2)14(23)22(15(18)20-17)12-13-6-10-21(11-7-13)16(19)24/h13H,3-12H2,1-2H3,(H2,18,20)(H2,19,24). The number of nitrogens with zero attached hydrogens (tertiary/aromatic N) is 2. The van der Waals surface area contributed by atoms with Gasteiger partial charge in [-0.15, -0.1) is 0 Å². The second-order valence-corrected chi connectivity index (χ2v) is 7.09. The van der Waals surface area contributed by atoms with Crippen LogP contribution >= 0.6 is 0 Å². The van der Waals surface area contributed by atoms with Crippen LogP contribution in [0, 0.1) is 11.3 Å². The number of carbonyl (C=O) groups excluding carboxylic acids is 2. The maximum absolute atomic E-state index is 13.0. The number of guanidine groups is 1. The van der Waals surface area contributed by atoms with Crippen molar-refractivity contribution in [3.8, 4) is 0 Å². The molecule has 24 heavy (non-hydrogen) atoms. The van der Waals surface area contributed by atoms with Crippen LogP contribution in [-0.2, 0) is 4.79 Å². The zero-order valence-corrected chi connectivity index (χ0v) is 14.9. The molecule has 2 aliphatic rings. The molecule has 2 saturated heterocycles. The van der Waals surface area contributed by atoms with Crippen molar-refractivity contribution in [1.29, 1.82) is 5.41 Å². The molecule has 0 aromatic carbocycles. The van der Waals surface area contributed by atoms with Crippen LogP contribution in [0.25, 0.3) is 0 Å². The summed E-state index contributed by atoms with van der Waals surface area (Å²) >= 11 is 0. The Kier molecular flexibility index (Phi) is 6.07. The first-order valence-corrected chi connectivity index (χ1v) is 9.16. The minimum Gasteiger partial charge on any atom is -0.351 e. The van der Waals surface area contributed by atoms with Crippen molar-refractivity contribution in [3.05, 3.63) is 0 Å². The van der Waals surface area contributed by atoms with E-state index in [1.165, 1.54) is 0 Å². The summed E-state index contributed by atoms with van der Waals surface area (Å²) in [5.74, 6) is 0.609. The van der Waals surface area contributed by atoms with Crippen molar-refractivity contribution in [2.75, 3.05) is 19.6 Å². The summed E-state index contributed by atoms with van der Waals surface area (Å²) in [5.41, 5.74) is 4.73. The first-order valence-electron chi connectivity index (χ1n) is 9.16. The predicted molar refractivity (Wildman–Crippen MR) is 93.6 cm³/mol. The first-order chi connectivity index (χ1) is 11.4. The van der Waals surface area contributed by atoms with Gasteiger partial charge in [0.1, 0.15) is 5.54 Å². The van der Waals surface area contributed by atoms with E-state index in [1.807, 2.05) is 0 Å². The molecule has 2 rings (SSSR count). The number of carbonyl (C=O) groups is 2. The summed E-state index contributed by atoms with van der Waals surface area (Å²) in [6.07, 6.45) is 6.16. The van der Waals surface area contributed by atoms with E-state index < -0.39 is 5.54 Å². The SMILES string of the molecule is CCCCC1(CCC)NC(=N)N(CC2CCN(C(N)=O)CC2)C1=O. The number of amides is 3. The lowest BCUT2D eigenvalue weighted by Gasteiger charge is -2.33.